The number of aryl methyl sites for hydroxylation is 1. The minimum atomic E-state index is -0.789. The molecule has 2 saturated heterocycles. The largest absolute Gasteiger partial charge is 0.507 e. The van der Waals surface area contributed by atoms with Gasteiger partial charge in [0.2, 0.25) is 0 Å². The Labute approximate surface area is 263 Å². The molecule has 0 spiro atoms. The average molecular weight is 605 g/mol. The van der Waals surface area contributed by atoms with E-state index >= 15 is 0 Å². The summed E-state index contributed by atoms with van der Waals surface area (Å²) in [4.78, 5) is 30.9. The summed E-state index contributed by atoms with van der Waals surface area (Å²) in [7, 11) is 0. The van der Waals surface area contributed by atoms with E-state index in [2.05, 4.69) is 4.90 Å². The van der Waals surface area contributed by atoms with Crippen molar-refractivity contribution in [2.45, 2.75) is 19.6 Å². The van der Waals surface area contributed by atoms with Crippen LogP contribution in [0, 0.1) is 6.92 Å². The highest BCUT2D eigenvalue weighted by molar-refractivity contribution is 6.46. The summed E-state index contributed by atoms with van der Waals surface area (Å²) in [5.41, 5.74) is 3.37. The number of aliphatic hydroxyl groups is 1. The van der Waals surface area contributed by atoms with E-state index in [0.29, 0.717) is 61.3 Å². The molecule has 8 nitrogen and oxygen atoms in total. The van der Waals surface area contributed by atoms with Gasteiger partial charge in [-0.15, -0.1) is 0 Å². The van der Waals surface area contributed by atoms with Gasteiger partial charge in [0, 0.05) is 31.7 Å². The fraction of sp³-hybridized carbons (Fsp3) is 0.243. The molecule has 230 valence electrons. The van der Waals surface area contributed by atoms with Crippen LogP contribution in [0.15, 0.2) is 109 Å². The summed E-state index contributed by atoms with van der Waals surface area (Å²) in [6.45, 7) is 6.13. The molecule has 0 saturated carbocycles. The Hall–Kier alpha value is -4.92. The van der Waals surface area contributed by atoms with Gasteiger partial charge in [0.05, 0.1) is 24.8 Å². The number of hydrogen-bond acceptors (Lipinski definition) is 7. The third-order valence-corrected chi connectivity index (χ3v) is 8.24. The van der Waals surface area contributed by atoms with Crippen molar-refractivity contribution in [3.05, 3.63) is 131 Å². The molecule has 4 aromatic rings. The first-order valence-corrected chi connectivity index (χ1v) is 15.2. The van der Waals surface area contributed by atoms with Crippen molar-refractivity contribution >= 4 is 17.4 Å². The predicted octanol–water partition coefficient (Wildman–Crippen LogP) is 6.12. The Morgan fingerprint density at radius 2 is 1.53 bits per heavy atom. The van der Waals surface area contributed by atoms with E-state index in [9.17, 15) is 14.7 Å². The van der Waals surface area contributed by atoms with Gasteiger partial charge in [0.15, 0.2) is 0 Å². The topological polar surface area (TPSA) is 88.5 Å². The lowest BCUT2D eigenvalue weighted by molar-refractivity contribution is -0.140. The maximum atomic E-state index is 13.6. The molecule has 6 rings (SSSR count). The molecule has 1 N–H and O–H groups in total. The molecule has 2 aliphatic rings. The van der Waals surface area contributed by atoms with Crippen LogP contribution in [-0.2, 0) is 20.9 Å². The minimum Gasteiger partial charge on any atom is -0.507 e. The molecular formula is C37H36N2O6. The SMILES string of the molecule is Cc1ccccc1COc1ccc(/C(O)=C2\C(=O)C(=O)N(CCN3CCOCC3)C2c2cccc(Oc3ccccc3)c2)cc1. The van der Waals surface area contributed by atoms with Crippen LogP contribution >= 0.6 is 0 Å². The van der Waals surface area contributed by atoms with E-state index in [4.69, 9.17) is 14.2 Å². The second-order valence-corrected chi connectivity index (χ2v) is 11.2. The lowest BCUT2D eigenvalue weighted by Gasteiger charge is -2.31. The zero-order valence-electron chi connectivity index (χ0n) is 25.2. The van der Waals surface area contributed by atoms with E-state index in [1.54, 1.807) is 29.2 Å². The number of rotatable bonds is 10. The number of nitrogens with zero attached hydrogens (tertiary/aromatic N) is 2. The summed E-state index contributed by atoms with van der Waals surface area (Å²) < 4.78 is 17.5. The maximum Gasteiger partial charge on any atom is 0.295 e. The smallest absolute Gasteiger partial charge is 0.295 e. The van der Waals surface area contributed by atoms with Crippen LogP contribution in [0.25, 0.3) is 5.76 Å². The first kappa shape index (κ1) is 30.1. The molecule has 0 bridgehead atoms. The normalized spacial score (nSPS) is 18.2. The number of para-hydroxylation sites is 1. The Morgan fingerprint density at radius 3 is 2.29 bits per heavy atom. The molecule has 8 heteroatoms. The lowest BCUT2D eigenvalue weighted by Crippen LogP contribution is -2.42. The number of likely N-dealkylation sites (tertiary alicyclic amines) is 1. The fourth-order valence-electron chi connectivity index (χ4n) is 5.70. The molecule has 0 radical (unpaired) electrons. The molecule has 0 aromatic heterocycles. The highest BCUT2D eigenvalue weighted by Crippen LogP contribution is 2.40. The zero-order chi connectivity index (χ0) is 31.2. The van der Waals surface area contributed by atoms with Gasteiger partial charge in [-0.05, 0) is 72.1 Å². The van der Waals surface area contributed by atoms with Crippen LogP contribution in [0.5, 0.6) is 17.2 Å². The van der Waals surface area contributed by atoms with Gasteiger partial charge in [-0.25, -0.2) is 0 Å². The molecule has 2 aliphatic heterocycles. The zero-order valence-corrected chi connectivity index (χ0v) is 25.2. The lowest BCUT2D eigenvalue weighted by atomic mass is 9.95. The number of amides is 1. The van der Waals surface area contributed by atoms with Crippen LogP contribution in [0.3, 0.4) is 0 Å². The molecule has 1 amide bonds. The van der Waals surface area contributed by atoms with Gasteiger partial charge in [0.1, 0.15) is 29.6 Å². The number of carbonyl (C=O) groups is 2. The van der Waals surface area contributed by atoms with Crippen molar-refractivity contribution in [1.82, 2.24) is 9.80 Å². The van der Waals surface area contributed by atoms with E-state index in [-0.39, 0.29) is 11.3 Å². The monoisotopic (exact) mass is 604 g/mol. The van der Waals surface area contributed by atoms with Crippen LogP contribution in [0.1, 0.15) is 28.3 Å². The summed E-state index contributed by atoms with van der Waals surface area (Å²) in [5, 5.41) is 11.6. The van der Waals surface area contributed by atoms with Gasteiger partial charge in [0.25, 0.3) is 11.7 Å². The highest BCUT2D eigenvalue weighted by Gasteiger charge is 2.46. The Balaban J connectivity index is 1.30. The number of ketones is 1. The second-order valence-electron chi connectivity index (χ2n) is 11.2. The van der Waals surface area contributed by atoms with Crippen molar-refractivity contribution in [1.29, 1.82) is 0 Å². The molecule has 45 heavy (non-hydrogen) atoms. The third-order valence-electron chi connectivity index (χ3n) is 8.24. The number of morpholine rings is 1. The molecular weight excluding hydrogens is 568 g/mol. The van der Waals surface area contributed by atoms with Gasteiger partial charge >= 0.3 is 0 Å². The number of aliphatic hydroxyl groups excluding tert-OH is 1. The summed E-state index contributed by atoms with van der Waals surface area (Å²) in [5.74, 6) is 0.277. The molecule has 2 heterocycles. The fourth-order valence-corrected chi connectivity index (χ4v) is 5.70. The Morgan fingerprint density at radius 1 is 0.822 bits per heavy atom. The van der Waals surface area contributed by atoms with E-state index in [0.717, 1.165) is 24.2 Å². The maximum absolute atomic E-state index is 13.6. The molecule has 1 atom stereocenters. The number of ether oxygens (including phenoxy) is 3. The average Bonchev–Trinajstić information content (AvgIpc) is 3.33. The molecule has 2 fully saturated rings. The van der Waals surface area contributed by atoms with Crippen LogP contribution < -0.4 is 9.47 Å². The molecule has 4 aromatic carbocycles. The number of Topliss-reactive ketones (excluding diaryl/α,β-unsaturated/α-hetero) is 1. The highest BCUT2D eigenvalue weighted by atomic mass is 16.5. The van der Waals surface area contributed by atoms with Crippen molar-refractivity contribution in [3.8, 4) is 17.2 Å². The van der Waals surface area contributed by atoms with Gasteiger partial charge < -0.3 is 24.2 Å². The molecule has 0 aliphatic carbocycles. The minimum absolute atomic E-state index is 0.0485. The van der Waals surface area contributed by atoms with Crippen LogP contribution in [0.2, 0.25) is 0 Å². The molecule has 1 unspecified atom stereocenters. The first-order chi connectivity index (χ1) is 22.0. The van der Waals surface area contributed by atoms with Crippen molar-refractivity contribution < 1.29 is 28.9 Å². The summed E-state index contributed by atoms with van der Waals surface area (Å²) in [6, 6.07) is 30.9. The van der Waals surface area contributed by atoms with Crippen molar-refractivity contribution in [3.63, 3.8) is 0 Å². The van der Waals surface area contributed by atoms with Crippen molar-refractivity contribution in [2.24, 2.45) is 0 Å². The number of benzene rings is 4. The van der Waals surface area contributed by atoms with Crippen molar-refractivity contribution in [2.75, 3.05) is 39.4 Å². The Kier molecular flexibility index (Phi) is 9.24. The number of carbonyl (C=O) groups excluding carboxylic acids is 2. The van der Waals surface area contributed by atoms with Gasteiger partial charge in [-0.3, -0.25) is 14.5 Å². The van der Waals surface area contributed by atoms with Gasteiger partial charge in [-0.2, -0.15) is 0 Å². The van der Waals surface area contributed by atoms with E-state index in [1.165, 1.54) is 0 Å². The Bertz CT molecular complexity index is 1680. The number of hydrogen-bond donors (Lipinski definition) is 1. The van der Waals surface area contributed by atoms with Crippen LogP contribution in [0.4, 0.5) is 0 Å². The van der Waals surface area contributed by atoms with E-state index < -0.39 is 17.7 Å². The third kappa shape index (κ3) is 6.93. The summed E-state index contributed by atoms with van der Waals surface area (Å²) >= 11 is 0. The summed E-state index contributed by atoms with van der Waals surface area (Å²) in [6.07, 6.45) is 0. The first-order valence-electron chi connectivity index (χ1n) is 15.2. The standard InChI is InChI=1S/C37H36N2O6/c1-26-8-5-6-9-29(26)25-44-30-16-14-27(15-17-30)35(40)33-34(28-10-7-13-32(24-28)45-31-11-3-2-4-12-31)39(37(42)36(33)41)19-18-38-20-22-43-23-21-38/h2-17,24,34,40H,18-23,25H2,1H3/b35-33+. The quantitative estimate of drug-likeness (QED) is 0.133. The predicted molar refractivity (Wildman–Crippen MR) is 171 cm³/mol. The van der Waals surface area contributed by atoms with Gasteiger partial charge in [-0.1, -0.05) is 54.6 Å². The van der Waals surface area contributed by atoms with Crippen LogP contribution in [-0.4, -0.2) is 66.0 Å². The second kappa shape index (κ2) is 13.8. The van der Waals surface area contributed by atoms with E-state index in [1.807, 2.05) is 85.8 Å².